The highest BCUT2D eigenvalue weighted by Gasteiger charge is 2.09. The molecule has 3 rings (SSSR count). The topological polar surface area (TPSA) is 62.7 Å². The summed E-state index contributed by atoms with van der Waals surface area (Å²) in [7, 11) is 0. The lowest BCUT2D eigenvalue weighted by molar-refractivity contribution is 0.867. The van der Waals surface area contributed by atoms with Gasteiger partial charge in [0.25, 0.3) is 0 Å². The second-order valence-corrected chi connectivity index (χ2v) is 6.17. The van der Waals surface area contributed by atoms with Crippen LogP contribution >= 0.6 is 0 Å². The molecule has 0 bridgehead atoms. The normalized spacial score (nSPS) is 10.7. The number of nitrogens with zero attached hydrogens (tertiary/aromatic N) is 3. The number of hydrogen-bond acceptors (Lipinski definition) is 5. The molecule has 128 valence electrons. The van der Waals surface area contributed by atoms with Crippen molar-refractivity contribution in [1.29, 1.82) is 0 Å². The van der Waals surface area contributed by atoms with Gasteiger partial charge in [-0.3, -0.25) is 0 Å². The Morgan fingerprint density at radius 2 is 1.64 bits per heavy atom. The fourth-order valence-corrected chi connectivity index (χ4v) is 2.74. The van der Waals surface area contributed by atoms with Crippen LogP contribution in [0.25, 0.3) is 0 Å². The minimum Gasteiger partial charge on any atom is -0.339 e. The van der Waals surface area contributed by atoms with Gasteiger partial charge in [-0.05, 0) is 35.6 Å². The number of hydrogen-bond donors (Lipinski definition) is 2. The van der Waals surface area contributed by atoms with Crippen molar-refractivity contribution in [2.45, 2.75) is 33.1 Å². The molecule has 2 aromatic carbocycles. The number of aryl methyl sites for hydroxylation is 1. The summed E-state index contributed by atoms with van der Waals surface area (Å²) in [6.45, 7) is 6.47. The van der Waals surface area contributed by atoms with Crippen LogP contribution in [0.3, 0.4) is 0 Å². The first-order chi connectivity index (χ1) is 12.2. The van der Waals surface area contributed by atoms with Crippen LogP contribution in [0, 0.1) is 0 Å². The molecule has 0 fully saturated rings. The molecule has 0 saturated heterocycles. The molecule has 1 aromatic heterocycles. The summed E-state index contributed by atoms with van der Waals surface area (Å²) in [6.07, 6.45) is 2.58. The standard InChI is InChI=1S/C20H23N5/c1-4-15-9-5-7-11-17(15)22-19-13-21-25-20(24-19)23-18-12-8-6-10-16(18)14(2)3/h5-14H,4H2,1-3H3,(H2,22,23,24,25). The third-order valence-corrected chi connectivity index (χ3v) is 4.05. The van der Waals surface area contributed by atoms with Crippen LogP contribution in [-0.2, 0) is 6.42 Å². The van der Waals surface area contributed by atoms with E-state index in [0.717, 1.165) is 17.8 Å². The Kier molecular flexibility index (Phi) is 5.23. The van der Waals surface area contributed by atoms with E-state index in [0.29, 0.717) is 17.7 Å². The zero-order valence-electron chi connectivity index (χ0n) is 14.8. The Hall–Kier alpha value is -2.95. The lowest BCUT2D eigenvalue weighted by atomic mass is 10.0. The molecule has 3 aromatic rings. The van der Waals surface area contributed by atoms with Crippen molar-refractivity contribution >= 4 is 23.1 Å². The van der Waals surface area contributed by atoms with Gasteiger partial charge in [0, 0.05) is 11.4 Å². The van der Waals surface area contributed by atoms with Gasteiger partial charge >= 0.3 is 0 Å². The molecular formula is C20H23N5. The lowest BCUT2D eigenvalue weighted by Gasteiger charge is -2.14. The zero-order chi connectivity index (χ0) is 17.6. The molecule has 1 heterocycles. The average molecular weight is 333 g/mol. The fraction of sp³-hybridized carbons (Fsp3) is 0.250. The van der Waals surface area contributed by atoms with Gasteiger partial charge < -0.3 is 10.6 Å². The molecule has 0 amide bonds. The predicted octanol–water partition coefficient (Wildman–Crippen LogP) is 5.04. The second-order valence-electron chi connectivity index (χ2n) is 6.17. The van der Waals surface area contributed by atoms with Crippen molar-refractivity contribution in [2.75, 3.05) is 10.6 Å². The molecule has 0 spiro atoms. The summed E-state index contributed by atoms with van der Waals surface area (Å²) in [5.41, 5.74) is 4.51. The van der Waals surface area contributed by atoms with Gasteiger partial charge in [-0.25, -0.2) is 0 Å². The van der Waals surface area contributed by atoms with Crippen LogP contribution < -0.4 is 10.6 Å². The first-order valence-electron chi connectivity index (χ1n) is 8.58. The summed E-state index contributed by atoms with van der Waals surface area (Å²) < 4.78 is 0. The Balaban J connectivity index is 1.83. The van der Waals surface area contributed by atoms with E-state index in [-0.39, 0.29) is 0 Å². The van der Waals surface area contributed by atoms with E-state index in [4.69, 9.17) is 0 Å². The van der Waals surface area contributed by atoms with Crippen LogP contribution in [0.1, 0.15) is 37.8 Å². The molecule has 5 heteroatoms. The van der Waals surface area contributed by atoms with E-state index in [1.165, 1.54) is 11.1 Å². The molecule has 0 radical (unpaired) electrons. The Bertz CT molecular complexity index is 845. The van der Waals surface area contributed by atoms with Crippen LogP contribution in [0.2, 0.25) is 0 Å². The van der Waals surface area contributed by atoms with E-state index in [9.17, 15) is 0 Å². The van der Waals surface area contributed by atoms with Crippen molar-refractivity contribution in [3.05, 3.63) is 65.9 Å². The third-order valence-electron chi connectivity index (χ3n) is 4.05. The number of aromatic nitrogens is 3. The fourth-order valence-electron chi connectivity index (χ4n) is 2.74. The molecule has 0 aliphatic carbocycles. The number of rotatable bonds is 6. The van der Waals surface area contributed by atoms with Gasteiger partial charge in [0.15, 0.2) is 5.82 Å². The lowest BCUT2D eigenvalue weighted by Crippen LogP contribution is -2.05. The van der Waals surface area contributed by atoms with Crippen molar-refractivity contribution in [3.8, 4) is 0 Å². The Labute approximate surface area is 148 Å². The first kappa shape index (κ1) is 16.9. The van der Waals surface area contributed by atoms with Crippen LogP contribution in [0.15, 0.2) is 54.7 Å². The number of nitrogens with one attached hydrogen (secondary N) is 2. The number of benzene rings is 2. The SMILES string of the molecule is CCc1ccccc1Nc1cnnc(Nc2ccccc2C(C)C)n1. The molecule has 0 saturated carbocycles. The first-order valence-corrected chi connectivity index (χ1v) is 8.58. The third kappa shape index (κ3) is 4.12. The highest BCUT2D eigenvalue weighted by molar-refractivity contribution is 5.63. The highest BCUT2D eigenvalue weighted by atomic mass is 15.3. The van der Waals surface area contributed by atoms with Gasteiger partial charge in [0.05, 0.1) is 6.20 Å². The molecule has 0 unspecified atom stereocenters. The predicted molar refractivity (Wildman–Crippen MR) is 103 cm³/mol. The van der Waals surface area contributed by atoms with Crippen molar-refractivity contribution in [1.82, 2.24) is 15.2 Å². The maximum Gasteiger partial charge on any atom is 0.249 e. The average Bonchev–Trinajstić information content (AvgIpc) is 2.63. The molecule has 2 N–H and O–H groups in total. The summed E-state index contributed by atoms with van der Waals surface area (Å²) in [4.78, 5) is 4.54. The highest BCUT2D eigenvalue weighted by Crippen LogP contribution is 2.26. The van der Waals surface area contributed by atoms with Crippen molar-refractivity contribution in [3.63, 3.8) is 0 Å². The van der Waals surface area contributed by atoms with Gasteiger partial charge in [0.1, 0.15) is 0 Å². The Morgan fingerprint density at radius 3 is 2.40 bits per heavy atom. The minimum atomic E-state index is 0.411. The quantitative estimate of drug-likeness (QED) is 0.661. The summed E-state index contributed by atoms with van der Waals surface area (Å²) >= 11 is 0. The molecular weight excluding hydrogens is 310 g/mol. The van der Waals surface area contributed by atoms with Gasteiger partial charge in [0.2, 0.25) is 5.95 Å². The second kappa shape index (κ2) is 7.75. The summed E-state index contributed by atoms with van der Waals surface area (Å²) in [5.74, 6) is 1.56. The number of anilines is 4. The van der Waals surface area contributed by atoms with Gasteiger partial charge in [-0.15, -0.1) is 5.10 Å². The van der Waals surface area contributed by atoms with Crippen LogP contribution in [-0.4, -0.2) is 15.2 Å². The largest absolute Gasteiger partial charge is 0.339 e. The van der Waals surface area contributed by atoms with Crippen LogP contribution in [0.4, 0.5) is 23.1 Å². The molecule has 25 heavy (non-hydrogen) atoms. The minimum absolute atomic E-state index is 0.411. The van der Waals surface area contributed by atoms with E-state index in [1.807, 2.05) is 36.4 Å². The molecule has 0 aliphatic rings. The maximum absolute atomic E-state index is 4.54. The summed E-state index contributed by atoms with van der Waals surface area (Å²) in [5, 5.41) is 14.8. The monoisotopic (exact) mass is 333 g/mol. The number of para-hydroxylation sites is 2. The van der Waals surface area contributed by atoms with E-state index < -0.39 is 0 Å². The smallest absolute Gasteiger partial charge is 0.249 e. The molecule has 0 atom stereocenters. The zero-order valence-corrected chi connectivity index (χ0v) is 14.8. The molecule has 0 aliphatic heterocycles. The van der Waals surface area contributed by atoms with Gasteiger partial charge in [-0.1, -0.05) is 57.2 Å². The molecule has 5 nitrogen and oxygen atoms in total. The maximum atomic E-state index is 4.54. The van der Waals surface area contributed by atoms with E-state index >= 15 is 0 Å². The van der Waals surface area contributed by atoms with Crippen molar-refractivity contribution < 1.29 is 0 Å². The summed E-state index contributed by atoms with van der Waals surface area (Å²) in [6, 6.07) is 16.4. The van der Waals surface area contributed by atoms with Crippen molar-refractivity contribution in [2.24, 2.45) is 0 Å². The Morgan fingerprint density at radius 1 is 0.920 bits per heavy atom. The van der Waals surface area contributed by atoms with Crippen LogP contribution in [0.5, 0.6) is 0 Å². The van der Waals surface area contributed by atoms with Gasteiger partial charge in [-0.2, -0.15) is 10.1 Å². The van der Waals surface area contributed by atoms with E-state index in [1.54, 1.807) is 6.20 Å². The van der Waals surface area contributed by atoms with E-state index in [2.05, 4.69) is 58.7 Å².